The normalized spacial score (nSPS) is 22.6. The summed E-state index contributed by atoms with van der Waals surface area (Å²) in [5.74, 6) is -2.78. The molecule has 3 aliphatic rings. The van der Waals surface area contributed by atoms with Crippen molar-refractivity contribution in [1.29, 1.82) is 0 Å². The van der Waals surface area contributed by atoms with Gasteiger partial charge in [0.2, 0.25) is 11.8 Å². The molecule has 1 N–H and O–H groups in total. The summed E-state index contributed by atoms with van der Waals surface area (Å²) in [6.07, 6.45) is 1.95. The van der Waals surface area contributed by atoms with Crippen molar-refractivity contribution >= 4 is 39.9 Å². The number of carbonyl (C=O) groups excluding carboxylic acids is 2. The molecule has 1 saturated carbocycles. The summed E-state index contributed by atoms with van der Waals surface area (Å²) in [4.78, 5) is 59.7. The molecule has 6 aromatic rings. The molecule has 0 radical (unpaired) electrons. The molecule has 9 rings (SSSR count). The lowest BCUT2D eigenvalue weighted by atomic mass is 9.53. The molecule has 50 heavy (non-hydrogen) atoms. The van der Waals surface area contributed by atoms with Gasteiger partial charge in [-0.1, -0.05) is 109 Å². The molecule has 4 atom stereocenters. The van der Waals surface area contributed by atoms with E-state index < -0.39 is 46.5 Å². The molecule has 246 valence electrons. The van der Waals surface area contributed by atoms with Crippen molar-refractivity contribution in [3.63, 3.8) is 0 Å². The number of aromatic hydroxyl groups is 1. The van der Waals surface area contributed by atoms with E-state index in [9.17, 15) is 19.5 Å². The zero-order valence-corrected chi connectivity index (χ0v) is 27.3. The first kappa shape index (κ1) is 30.2. The summed E-state index contributed by atoms with van der Waals surface area (Å²) in [5.41, 5.74) is -0.0644. The van der Waals surface area contributed by atoms with E-state index in [0.29, 0.717) is 38.5 Å². The second-order valence-corrected chi connectivity index (χ2v) is 13.5. The zero-order valence-electron chi connectivity index (χ0n) is 26.5. The van der Waals surface area contributed by atoms with Crippen LogP contribution in [-0.4, -0.2) is 30.9 Å². The Kier molecular flexibility index (Phi) is 6.66. The molecule has 4 unspecified atom stereocenters. The molecule has 2 aliphatic heterocycles. The first-order valence-electron chi connectivity index (χ1n) is 16.4. The van der Waals surface area contributed by atoms with Gasteiger partial charge in [0.25, 0.3) is 0 Å². The molecular formula is C40H29ClN4O5. The number of allylic oxidation sites excluding steroid dienone is 2. The first-order chi connectivity index (χ1) is 24.3. The Bertz CT molecular complexity index is 2540. The molecule has 0 bridgehead atoms. The van der Waals surface area contributed by atoms with Gasteiger partial charge in [-0.05, 0) is 53.3 Å². The lowest BCUT2D eigenvalue weighted by Crippen LogP contribution is -2.53. The number of carbonyl (C=O) groups is 2. The van der Waals surface area contributed by atoms with Crippen LogP contribution in [0.15, 0.2) is 143 Å². The lowest BCUT2D eigenvalue weighted by molar-refractivity contribution is -0.124. The van der Waals surface area contributed by atoms with Crippen LogP contribution in [0.4, 0.5) is 5.69 Å². The fourth-order valence-corrected chi connectivity index (χ4v) is 8.84. The maximum atomic E-state index is 15.4. The van der Waals surface area contributed by atoms with Crippen molar-refractivity contribution in [2.24, 2.45) is 5.92 Å². The summed E-state index contributed by atoms with van der Waals surface area (Å²) < 4.78 is 3.97. The lowest BCUT2D eigenvalue weighted by Gasteiger charge is -2.49. The minimum Gasteiger partial charge on any atom is -0.507 e. The van der Waals surface area contributed by atoms with Crippen molar-refractivity contribution in [2.75, 3.05) is 4.90 Å². The van der Waals surface area contributed by atoms with Gasteiger partial charge >= 0.3 is 11.4 Å². The van der Waals surface area contributed by atoms with Crippen molar-refractivity contribution in [2.45, 2.75) is 30.3 Å². The SMILES string of the molecule is O=C1C2CC3C(=CCn4c(=O)n(-c5ccccc5)c(=O)n43)C(c3ccc4ccccc4c3O)C2(c2ccccc2)C(=O)N1c1cccc(Cl)c1. The minimum absolute atomic E-state index is 0.0117. The number of para-hydroxylation sites is 1. The number of phenolic OH excluding ortho intramolecular Hbond substituents is 1. The number of hydrogen-bond acceptors (Lipinski definition) is 5. The van der Waals surface area contributed by atoms with Crippen molar-refractivity contribution in [3.05, 3.63) is 170 Å². The zero-order chi connectivity index (χ0) is 34.3. The Morgan fingerprint density at radius 2 is 1.44 bits per heavy atom. The van der Waals surface area contributed by atoms with Crippen LogP contribution in [0, 0.1) is 5.92 Å². The van der Waals surface area contributed by atoms with Crippen molar-refractivity contribution < 1.29 is 14.7 Å². The number of hydrogen-bond donors (Lipinski definition) is 1. The minimum atomic E-state index is -1.52. The van der Waals surface area contributed by atoms with E-state index >= 15 is 4.79 Å². The smallest absolute Gasteiger partial charge is 0.352 e. The van der Waals surface area contributed by atoms with E-state index in [4.69, 9.17) is 11.6 Å². The van der Waals surface area contributed by atoms with Crippen LogP contribution in [0.5, 0.6) is 5.75 Å². The summed E-state index contributed by atoms with van der Waals surface area (Å²) in [6.45, 7) is 0.0558. The van der Waals surface area contributed by atoms with Crippen LogP contribution >= 0.6 is 11.6 Å². The molecule has 1 aromatic heterocycles. The van der Waals surface area contributed by atoms with Gasteiger partial charge in [-0.3, -0.25) is 9.59 Å². The topological polar surface area (TPSA) is 107 Å². The molecule has 1 aliphatic carbocycles. The predicted molar refractivity (Wildman–Crippen MR) is 190 cm³/mol. The molecule has 3 heterocycles. The second-order valence-electron chi connectivity index (χ2n) is 13.0. The number of halogens is 1. The predicted octanol–water partition coefficient (Wildman–Crippen LogP) is 6.11. The third kappa shape index (κ3) is 4.01. The molecule has 5 aromatic carbocycles. The molecule has 9 nitrogen and oxygen atoms in total. The van der Waals surface area contributed by atoms with E-state index in [-0.39, 0.29) is 18.7 Å². The highest BCUT2D eigenvalue weighted by Crippen LogP contribution is 2.63. The van der Waals surface area contributed by atoms with Gasteiger partial charge in [0.1, 0.15) is 5.75 Å². The Balaban J connectivity index is 1.36. The van der Waals surface area contributed by atoms with Crippen LogP contribution in [0.3, 0.4) is 0 Å². The maximum absolute atomic E-state index is 15.4. The number of benzene rings is 5. The van der Waals surface area contributed by atoms with Crippen LogP contribution in [0.25, 0.3) is 16.5 Å². The fraction of sp³-hybridized carbons (Fsp3) is 0.150. The number of amides is 2. The summed E-state index contributed by atoms with van der Waals surface area (Å²) in [5, 5.41) is 13.9. The van der Waals surface area contributed by atoms with Gasteiger partial charge in [0, 0.05) is 21.9 Å². The van der Waals surface area contributed by atoms with E-state index in [1.165, 1.54) is 14.3 Å². The van der Waals surface area contributed by atoms with Gasteiger partial charge in [-0.25, -0.2) is 28.4 Å². The van der Waals surface area contributed by atoms with E-state index in [2.05, 4.69) is 0 Å². The monoisotopic (exact) mass is 680 g/mol. The number of phenols is 1. The molecular weight excluding hydrogens is 652 g/mol. The largest absolute Gasteiger partial charge is 0.507 e. The van der Waals surface area contributed by atoms with E-state index in [1.807, 2.05) is 72.8 Å². The van der Waals surface area contributed by atoms with Crippen molar-refractivity contribution in [1.82, 2.24) is 13.9 Å². The third-order valence-corrected chi connectivity index (χ3v) is 10.9. The Hall–Kier alpha value is -5.93. The number of rotatable bonds is 4. The maximum Gasteiger partial charge on any atom is 0.352 e. The Morgan fingerprint density at radius 3 is 2.20 bits per heavy atom. The number of anilines is 1. The molecule has 10 heteroatoms. The number of nitrogens with zero attached hydrogens (tertiary/aromatic N) is 4. The molecule has 0 spiro atoms. The highest BCUT2D eigenvalue weighted by atomic mass is 35.5. The second kappa shape index (κ2) is 11.0. The fourth-order valence-electron chi connectivity index (χ4n) is 8.65. The third-order valence-electron chi connectivity index (χ3n) is 10.7. The van der Waals surface area contributed by atoms with Gasteiger partial charge in [0.15, 0.2) is 0 Å². The van der Waals surface area contributed by atoms with Crippen LogP contribution in [0.2, 0.25) is 5.02 Å². The molecule has 2 amide bonds. The van der Waals surface area contributed by atoms with Crippen molar-refractivity contribution in [3.8, 4) is 11.4 Å². The molecule has 2 fully saturated rings. The van der Waals surface area contributed by atoms with Crippen LogP contribution < -0.4 is 16.3 Å². The highest BCUT2D eigenvalue weighted by Gasteiger charge is 2.69. The summed E-state index contributed by atoms with van der Waals surface area (Å²) in [7, 11) is 0. The summed E-state index contributed by atoms with van der Waals surface area (Å²) >= 11 is 6.40. The number of fused-ring (bicyclic) bond motifs is 5. The average molecular weight is 681 g/mol. The molecule has 1 saturated heterocycles. The summed E-state index contributed by atoms with van der Waals surface area (Å²) in [6, 6.07) is 34.9. The highest BCUT2D eigenvalue weighted by molar-refractivity contribution is 6.32. The standard InChI is InChI=1S/C40H29ClN4O5/c41-26-13-9-16-28(22-26)43-36(47)32-23-33-30(20-21-42-38(49)44(39(50)45(33)42)27-14-5-2-6-15-27)34(40(32,37(43)48)25-11-3-1-4-12-25)31-19-18-24-10-7-8-17-29(24)35(31)46/h1-20,22,32-34,46H,21,23H2. The first-order valence-corrected chi connectivity index (χ1v) is 16.8. The number of imide groups is 1. The van der Waals surface area contributed by atoms with Crippen LogP contribution in [-0.2, 0) is 21.5 Å². The van der Waals surface area contributed by atoms with Gasteiger partial charge in [0.05, 0.1) is 35.3 Å². The van der Waals surface area contributed by atoms with E-state index in [0.717, 1.165) is 9.95 Å². The Labute approximate surface area is 290 Å². The van der Waals surface area contributed by atoms with Gasteiger partial charge in [-0.2, -0.15) is 0 Å². The number of aromatic nitrogens is 3. The average Bonchev–Trinajstić information content (AvgIpc) is 3.53. The van der Waals surface area contributed by atoms with Crippen LogP contribution in [0.1, 0.15) is 29.5 Å². The van der Waals surface area contributed by atoms with Gasteiger partial charge < -0.3 is 5.11 Å². The quantitative estimate of drug-likeness (QED) is 0.179. The van der Waals surface area contributed by atoms with Gasteiger partial charge in [-0.15, -0.1) is 0 Å². The van der Waals surface area contributed by atoms with E-state index in [1.54, 1.807) is 54.6 Å². The Morgan fingerprint density at radius 1 is 0.740 bits per heavy atom.